The summed E-state index contributed by atoms with van der Waals surface area (Å²) in [5.41, 5.74) is 4.58. The molecule has 20 heavy (non-hydrogen) atoms. The van der Waals surface area contributed by atoms with Crippen molar-refractivity contribution < 1.29 is 4.92 Å². The molecule has 6 heteroatoms. The normalized spacial score (nSPS) is 10.7. The predicted molar refractivity (Wildman–Crippen MR) is 82.5 cm³/mol. The van der Waals surface area contributed by atoms with Crippen LogP contribution in [0, 0.1) is 10.1 Å². The first kappa shape index (κ1) is 14.1. The van der Waals surface area contributed by atoms with Crippen molar-refractivity contribution in [3.05, 3.63) is 64.2 Å². The molecule has 0 fully saturated rings. The summed E-state index contributed by atoms with van der Waals surface area (Å²) in [5.74, 6) is 0. The molecular formula is C14H13N3O2S. The van der Waals surface area contributed by atoms with Crippen LogP contribution in [-0.4, -0.2) is 17.4 Å². The zero-order valence-electron chi connectivity index (χ0n) is 10.8. The highest BCUT2D eigenvalue weighted by Gasteiger charge is 2.02. The van der Waals surface area contributed by atoms with E-state index in [-0.39, 0.29) is 5.69 Å². The quantitative estimate of drug-likeness (QED) is 0.393. The van der Waals surface area contributed by atoms with Crippen molar-refractivity contribution in [1.29, 1.82) is 0 Å². The molecule has 0 spiro atoms. The second-order valence-corrected chi connectivity index (χ2v) is 4.83. The Morgan fingerprint density at radius 2 is 1.80 bits per heavy atom. The van der Waals surface area contributed by atoms with E-state index in [9.17, 15) is 10.1 Å². The van der Waals surface area contributed by atoms with Crippen LogP contribution in [0.3, 0.4) is 0 Å². The molecule has 2 aromatic rings. The molecule has 0 radical (unpaired) electrons. The maximum Gasteiger partial charge on any atom is 0.269 e. The van der Waals surface area contributed by atoms with Gasteiger partial charge in [-0.1, -0.05) is 12.1 Å². The number of anilines is 1. The summed E-state index contributed by atoms with van der Waals surface area (Å²) in [4.78, 5) is 11.3. The van der Waals surface area contributed by atoms with Crippen molar-refractivity contribution >= 4 is 29.4 Å². The van der Waals surface area contributed by atoms with E-state index >= 15 is 0 Å². The van der Waals surface area contributed by atoms with Crippen molar-refractivity contribution in [1.82, 2.24) is 0 Å². The molecule has 102 valence electrons. The molecule has 0 saturated heterocycles. The van der Waals surface area contributed by atoms with E-state index in [0.717, 1.165) is 5.56 Å². The van der Waals surface area contributed by atoms with Crippen molar-refractivity contribution in [3.8, 4) is 0 Å². The van der Waals surface area contributed by atoms with E-state index in [1.54, 1.807) is 30.1 Å². The van der Waals surface area contributed by atoms with Gasteiger partial charge in [0.2, 0.25) is 0 Å². The lowest BCUT2D eigenvalue weighted by Crippen LogP contribution is -1.92. The molecule has 0 unspecified atom stereocenters. The summed E-state index contributed by atoms with van der Waals surface area (Å²) in [6, 6.07) is 14.1. The number of nitro groups is 1. The van der Waals surface area contributed by atoms with Gasteiger partial charge in [-0.15, -0.1) is 11.8 Å². The van der Waals surface area contributed by atoms with Crippen LogP contribution >= 0.6 is 11.8 Å². The zero-order valence-corrected chi connectivity index (χ0v) is 11.6. The Bertz CT molecular complexity index is 609. The van der Waals surface area contributed by atoms with E-state index < -0.39 is 4.92 Å². The Morgan fingerprint density at radius 1 is 1.15 bits per heavy atom. The Morgan fingerprint density at radius 3 is 2.35 bits per heavy atom. The average molecular weight is 287 g/mol. The van der Waals surface area contributed by atoms with E-state index in [4.69, 9.17) is 0 Å². The molecule has 0 saturated carbocycles. The van der Waals surface area contributed by atoms with Gasteiger partial charge in [-0.05, 0) is 36.1 Å². The number of hydrogen-bond acceptors (Lipinski definition) is 5. The van der Waals surface area contributed by atoms with Gasteiger partial charge in [0.1, 0.15) is 0 Å². The molecule has 0 aromatic heterocycles. The largest absolute Gasteiger partial charge is 0.278 e. The number of non-ortho nitro benzene ring substituents is 1. The SMILES string of the molecule is CSc1ccc(C=NNc2ccc([N+](=O)[O-])cc2)cc1. The highest BCUT2D eigenvalue weighted by atomic mass is 32.2. The molecule has 0 aliphatic carbocycles. The number of nitrogens with one attached hydrogen (secondary N) is 1. The highest BCUT2D eigenvalue weighted by molar-refractivity contribution is 7.98. The van der Waals surface area contributed by atoms with Crippen molar-refractivity contribution in [2.24, 2.45) is 5.10 Å². The monoisotopic (exact) mass is 287 g/mol. The van der Waals surface area contributed by atoms with Crippen LogP contribution in [0.5, 0.6) is 0 Å². The van der Waals surface area contributed by atoms with Gasteiger partial charge in [-0.2, -0.15) is 5.10 Å². The minimum absolute atomic E-state index is 0.0622. The first-order valence-corrected chi connectivity index (χ1v) is 7.09. The van der Waals surface area contributed by atoms with Crippen molar-refractivity contribution in [3.63, 3.8) is 0 Å². The van der Waals surface area contributed by atoms with Gasteiger partial charge >= 0.3 is 0 Å². The van der Waals surface area contributed by atoms with Crippen LogP contribution in [0.25, 0.3) is 0 Å². The third kappa shape index (κ3) is 3.83. The van der Waals surface area contributed by atoms with Crippen molar-refractivity contribution in [2.75, 3.05) is 11.7 Å². The number of hydrogen-bond donors (Lipinski definition) is 1. The summed E-state index contributed by atoms with van der Waals surface area (Å²) in [5, 5.41) is 14.6. The predicted octanol–water partition coefficient (Wildman–Crippen LogP) is 3.76. The molecule has 0 aliphatic heterocycles. The van der Waals surface area contributed by atoms with Gasteiger partial charge < -0.3 is 0 Å². The number of nitrogens with zero attached hydrogens (tertiary/aromatic N) is 2. The molecule has 0 bridgehead atoms. The topological polar surface area (TPSA) is 67.5 Å². The Balaban J connectivity index is 1.96. The molecule has 0 aliphatic rings. The fourth-order valence-corrected chi connectivity index (χ4v) is 1.94. The van der Waals surface area contributed by atoms with Gasteiger partial charge in [0.15, 0.2) is 0 Å². The Labute approximate surface area is 120 Å². The Kier molecular flexibility index (Phi) is 4.73. The standard InChI is InChI=1S/C14H13N3O2S/c1-20-14-8-2-11(3-9-14)10-15-16-12-4-6-13(7-5-12)17(18)19/h2-10,16H,1H3. The van der Waals surface area contributed by atoms with E-state index in [1.165, 1.54) is 17.0 Å². The number of benzene rings is 2. The Hall–Kier alpha value is -2.34. The average Bonchev–Trinajstić information content (AvgIpc) is 2.48. The lowest BCUT2D eigenvalue weighted by Gasteiger charge is -2.00. The second kappa shape index (κ2) is 6.72. The molecule has 1 N–H and O–H groups in total. The summed E-state index contributed by atoms with van der Waals surface area (Å²) < 4.78 is 0. The van der Waals surface area contributed by atoms with Crippen LogP contribution in [0.1, 0.15) is 5.56 Å². The van der Waals surface area contributed by atoms with Crippen LogP contribution < -0.4 is 5.43 Å². The lowest BCUT2D eigenvalue weighted by atomic mass is 10.2. The molecule has 2 aromatic carbocycles. The van der Waals surface area contributed by atoms with E-state index in [2.05, 4.69) is 10.5 Å². The smallest absolute Gasteiger partial charge is 0.269 e. The summed E-state index contributed by atoms with van der Waals surface area (Å²) in [6.07, 6.45) is 3.73. The minimum atomic E-state index is -0.430. The number of hydrazone groups is 1. The fraction of sp³-hybridized carbons (Fsp3) is 0.0714. The van der Waals surface area contributed by atoms with Crippen LogP contribution in [0.2, 0.25) is 0 Å². The maximum absolute atomic E-state index is 10.5. The molecular weight excluding hydrogens is 274 g/mol. The first-order chi connectivity index (χ1) is 9.69. The minimum Gasteiger partial charge on any atom is -0.278 e. The molecule has 0 atom stereocenters. The molecule has 0 amide bonds. The summed E-state index contributed by atoms with van der Waals surface area (Å²) >= 11 is 1.69. The van der Waals surface area contributed by atoms with Crippen LogP contribution in [0.15, 0.2) is 58.5 Å². The van der Waals surface area contributed by atoms with Crippen LogP contribution in [0.4, 0.5) is 11.4 Å². The maximum atomic E-state index is 10.5. The van der Waals surface area contributed by atoms with Gasteiger partial charge in [0, 0.05) is 17.0 Å². The number of nitro benzene ring substituents is 1. The first-order valence-electron chi connectivity index (χ1n) is 5.86. The van der Waals surface area contributed by atoms with Gasteiger partial charge in [-0.25, -0.2) is 0 Å². The third-order valence-electron chi connectivity index (χ3n) is 2.60. The number of rotatable bonds is 5. The number of thioether (sulfide) groups is 1. The summed E-state index contributed by atoms with van der Waals surface area (Å²) in [7, 11) is 0. The molecule has 0 heterocycles. The molecule has 2 rings (SSSR count). The van der Waals surface area contributed by atoms with Gasteiger partial charge in [0.25, 0.3) is 5.69 Å². The zero-order chi connectivity index (χ0) is 14.4. The lowest BCUT2D eigenvalue weighted by molar-refractivity contribution is -0.384. The van der Waals surface area contributed by atoms with Gasteiger partial charge in [0.05, 0.1) is 16.8 Å². The molecule has 5 nitrogen and oxygen atoms in total. The van der Waals surface area contributed by atoms with E-state index in [0.29, 0.717) is 5.69 Å². The van der Waals surface area contributed by atoms with E-state index in [1.807, 2.05) is 30.5 Å². The fourth-order valence-electron chi connectivity index (χ4n) is 1.53. The third-order valence-corrected chi connectivity index (χ3v) is 3.34. The highest BCUT2D eigenvalue weighted by Crippen LogP contribution is 2.16. The second-order valence-electron chi connectivity index (χ2n) is 3.95. The summed E-state index contributed by atoms with van der Waals surface area (Å²) in [6.45, 7) is 0. The van der Waals surface area contributed by atoms with Crippen molar-refractivity contribution in [2.45, 2.75) is 4.90 Å². The van der Waals surface area contributed by atoms with Crippen LogP contribution in [-0.2, 0) is 0 Å². The van der Waals surface area contributed by atoms with Gasteiger partial charge in [-0.3, -0.25) is 15.5 Å².